The van der Waals surface area contributed by atoms with Gasteiger partial charge < -0.3 is 15.1 Å². The number of amides is 2. The average Bonchev–Trinajstić information content (AvgIpc) is 3.48. The largest absolute Gasteiger partial charge is 0.356 e. The van der Waals surface area contributed by atoms with Crippen LogP contribution in [0.25, 0.3) is 0 Å². The fourth-order valence-corrected chi connectivity index (χ4v) is 5.37. The van der Waals surface area contributed by atoms with Crippen LogP contribution in [0.2, 0.25) is 0 Å². The smallest absolute Gasteiger partial charge is 0.291 e. The van der Waals surface area contributed by atoms with Gasteiger partial charge in [-0.3, -0.25) is 9.59 Å². The number of hydrogen-bond donors (Lipinski definition) is 1. The Balaban J connectivity index is 1.27. The van der Waals surface area contributed by atoms with Crippen molar-refractivity contribution >= 4 is 35.1 Å². The van der Waals surface area contributed by atoms with Crippen molar-refractivity contribution in [2.75, 3.05) is 35.7 Å². The van der Waals surface area contributed by atoms with Crippen LogP contribution in [0.3, 0.4) is 0 Å². The number of benzene rings is 1. The summed E-state index contributed by atoms with van der Waals surface area (Å²) in [5.74, 6) is 1.41. The molecule has 0 unspecified atom stereocenters. The standard InChI is InChI=1S/C24H27N7O2S/c1-16-8-9-30(12-16)21-10-20-19(11-25-21)29(2)24(33)18(14-34-20)27-23(32)22-26-15-31(28-22)13-17-6-4-3-5-7-17/h3-7,10-11,15-16,18H,8-9,12-14H2,1-2H3,(H,27,32)/t16-,18-/m0/s1. The van der Waals surface area contributed by atoms with E-state index in [1.54, 1.807) is 34.6 Å². The van der Waals surface area contributed by atoms with Crippen molar-refractivity contribution in [3.63, 3.8) is 0 Å². The molecule has 2 aromatic heterocycles. The number of thioether (sulfide) groups is 1. The molecule has 2 amide bonds. The van der Waals surface area contributed by atoms with E-state index < -0.39 is 11.9 Å². The maximum absolute atomic E-state index is 13.1. The Hall–Kier alpha value is -3.40. The molecule has 3 aromatic rings. The van der Waals surface area contributed by atoms with E-state index in [0.717, 1.165) is 41.5 Å². The van der Waals surface area contributed by atoms with Crippen molar-refractivity contribution in [1.82, 2.24) is 25.1 Å². The molecule has 34 heavy (non-hydrogen) atoms. The predicted octanol–water partition coefficient (Wildman–Crippen LogP) is 2.43. The Morgan fingerprint density at radius 3 is 2.82 bits per heavy atom. The number of aromatic nitrogens is 4. The Labute approximate surface area is 202 Å². The highest BCUT2D eigenvalue weighted by molar-refractivity contribution is 7.99. The molecule has 5 rings (SSSR count). The van der Waals surface area contributed by atoms with Gasteiger partial charge in [0.1, 0.15) is 18.2 Å². The number of nitrogens with one attached hydrogen (secondary N) is 1. The molecule has 4 heterocycles. The molecule has 1 fully saturated rings. The van der Waals surface area contributed by atoms with Crippen LogP contribution in [-0.2, 0) is 11.3 Å². The lowest BCUT2D eigenvalue weighted by Gasteiger charge is -2.22. The first-order valence-corrected chi connectivity index (χ1v) is 12.4. The Morgan fingerprint density at radius 2 is 2.06 bits per heavy atom. The number of rotatable bonds is 5. The molecule has 2 aliphatic heterocycles. The third kappa shape index (κ3) is 4.63. The van der Waals surface area contributed by atoms with Gasteiger partial charge in [0.15, 0.2) is 0 Å². The van der Waals surface area contributed by atoms with E-state index in [1.807, 2.05) is 30.3 Å². The summed E-state index contributed by atoms with van der Waals surface area (Å²) in [5.41, 5.74) is 1.82. The number of pyridine rings is 1. The van der Waals surface area contributed by atoms with Crippen LogP contribution in [0.15, 0.2) is 53.8 Å². The van der Waals surface area contributed by atoms with Crippen molar-refractivity contribution in [3.8, 4) is 0 Å². The van der Waals surface area contributed by atoms with Crippen molar-refractivity contribution < 1.29 is 9.59 Å². The highest BCUT2D eigenvalue weighted by Gasteiger charge is 2.32. The molecule has 0 radical (unpaired) electrons. The maximum Gasteiger partial charge on any atom is 0.291 e. The summed E-state index contributed by atoms with van der Waals surface area (Å²) < 4.78 is 1.61. The van der Waals surface area contributed by atoms with E-state index in [1.165, 1.54) is 6.33 Å². The SMILES string of the molecule is C[C@H]1CCN(c2cc3c(cn2)N(C)C(=O)[C@@H](NC(=O)c2ncn(Cc4ccccc4)n2)CS3)C1. The minimum absolute atomic E-state index is 0.0465. The molecule has 1 saturated heterocycles. The van der Waals surface area contributed by atoms with Crippen LogP contribution in [0.4, 0.5) is 11.5 Å². The molecule has 2 aliphatic rings. The molecular weight excluding hydrogens is 450 g/mol. The summed E-state index contributed by atoms with van der Waals surface area (Å²) in [6, 6.07) is 11.2. The molecule has 1 N–H and O–H groups in total. The molecule has 9 nitrogen and oxygen atoms in total. The van der Waals surface area contributed by atoms with Crippen LogP contribution in [0, 0.1) is 5.92 Å². The number of carbonyl (C=O) groups is 2. The first kappa shape index (κ1) is 22.4. The zero-order valence-electron chi connectivity index (χ0n) is 19.2. The van der Waals surface area contributed by atoms with Crippen LogP contribution < -0.4 is 15.1 Å². The van der Waals surface area contributed by atoms with Crippen LogP contribution in [-0.4, -0.2) is 63.5 Å². The normalized spacial score (nSPS) is 20.2. The Kier molecular flexibility index (Phi) is 6.23. The monoisotopic (exact) mass is 477 g/mol. The fourth-order valence-electron chi connectivity index (χ4n) is 4.27. The summed E-state index contributed by atoms with van der Waals surface area (Å²) >= 11 is 1.55. The molecule has 0 saturated carbocycles. The average molecular weight is 478 g/mol. The lowest BCUT2D eigenvalue weighted by molar-refractivity contribution is -0.119. The van der Waals surface area contributed by atoms with Crippen molar-refractivity contribution in [2.24, 2.45) is 5.92 Å². The van der Waals surface area contributed by atoms with Gasteiger partial charge in [0.25, 0.3) is 5.91 Å². The second-order valence-corrected chi connectivity index (χ2v) is 9.90. The molecule has 10 heteroatoms. The molecule has 0 spiro atoms. The van der Waals surface area contributed by atoms with Crippen LogP contribution >= 0.6 is 11.8 Å². The lowest BCUT2D eigenvalue weighted by atomic mass is 10.2. The lowest BCUT2D eigenvalue weighted by Crippen LogP contribution is -2.48. The number of nitrogens with zero attached hydrogens (tertiary/aromatic N) is 6. The summed E-state index contributed by atoms with van der Waals surface area (Å²) in [6.07, 6.45) is 4.45. The third-order valence-corrected chi connectivity index (χ3v) is 7.35. The maximum atomic E-state index is 13.1. The molecule has 1 aromatic carbocycles. The molecule has 176 valence electrons. The van der Waals surface area contributed by atoms with Crippen LogP contribution in [0.5, 0.6) is 0 Å². The third-order valence-electron chi connectivity index (χ3n) is 6.21. The summed E-state index contributed by atoms with van der Waals surface area (Å²) in [6.45, 7) is 4.75. The first-order chi connectivity index (χ1) is 16.5. The van der Waals surface area contributed by atoms with E-state index in [2.05, 4.69) is 38.3 Å². The topological polar surface area (TPSA) is 96.3 Å². The van der Waals surface area contributed by atoms with Gasteiger partial charge in [-0.15, -0.1) is 16.9 Å². The van der Waals surface area contributed by atoms with E-state index in [0.29, 0.717) is 18.2 Å². The number of hydrogen-bond acceptors (Lipinski definition) is 7. The number of anilines is 2. The number of fused-ring (bicyclic) bond motifs is 1. The van der Waals surface area contributed by atoms with Gasteiger partial charge in [0.2, 0.25) is 11.7 Å². The van der Waals surface area contributed by atoms with E-state index in [4.69, 9.17) is 0 Å². The second-order valence-electron chi connectivity index (χ2n) is 8.84. The predicted molar refractivity (Wildman–Crippen MR) is 131 cm³/mol. The van der Waals surface area contributed by atoms with Gasteiger partial charge in [-0.2, -0.15) is 0 Å². The molecule has 0 bridgehead atoms. The summed E-state index contributed by atoms with van der Waals surface area (Å²) in [4.78, 5) is 39.5. The van der Waals surface area contributed by atoms with Crippen molar-refractivity contribution in [1.29, 1.82) is 0 Å². The minimum Gasteiger partial charge on any atom is -0.356 e. The zero-order valence-corrected chi connectivity index (χ0v) is 20.0. The van der Waals surface area contributed by atoms with Gasteiger partial charge in [0.05, 0.1) is 18.4 Å². The van der Waals surface area contributed by atoms with E-state index >= 15 is 0 Å². The molecular formula is C24H27N7O2S. The fraction of sp³-hybridized carbons (Fsp3) is 0.375. The highest BCUT2D eigenvalue weighted by Crippen LogP contribution is 2.36. The summed E-state index contributed by atoms with van der Waals surface area (Å²) in [5, 5.41) is 7.11. The minimum atomic E-state index is -0.689. The first-order valence-electron chi connectivity index (χ1n) is 11.4. The number of carbonyl (C=O) groups excluding carboxylic acids is 2. The Morgan fingerprint density at radius 1 is 1.24 bits per heavy atom. The van der Waals surface area contributed by atoms with Crippen molar-refractivity contribution in [2.45, 2.75) is 30.8 Å². The molecule has 2 atom stereocenters. The number of likely N-dealkylation sites (N-methyl/N-ethyl adjacent to an activating group) is 1. The van der Waals surface area contributed by atoms with E-state index in [9.17, 15) is 9.59 Å². The second kappa shape index (κ2) is 9.46. The van der Waals surface area contributed by atoms with E-state index in [-0.39, 0.29) is 11.7 Å². The van der Waals surface area contributed by atoms with Gasteiger partial charge >= 0.3 is 0 Å². The summed E-state index contributed by atoms with van der Waals surface area (Å²) in [7, 11) is 1.72. The highest BCUT2D eigenvalue weighted by atomic mass is 32.2. The zero-order chi connectivity index (χ0) is 23.7. The van der Waals surface area contributed by atoms with Gasteiger partial charge in [0, 0.05) is 30.8 Å². The van der Waals surface area contributed by atoms with Gasteiger partial charge in [-0.25, -0.2) is 14.6 Å². The van der Waals surface area contributed by atoms with Gasteiger partial charge in [-0.1, -0.05) is 37.3 Å². The Bertz CT molecular complexity index is 1200. The van der Waals surface area contributed by atoms with Crippen molar-refractivity contribution in [3.05, 3.63) is 60.3 Å². The van der Waals surface area contributed by atoms with Gasteiger partial charge in [-0.05, 0) is 24.0 Å². The van der Waals surface area contributed by atoms with Crippen LogP contribution in [0.1, 0.15) is 29.5 Å². The quantitative estimate of drug-likeness (QED) is 0.603. The molecule has 0 aliphatic carbocycles.